The van der Waals surface area contributed by atoms with E-state index in [2.05, 4.69) is 0 Å². The van der Waals surface area contributed by atoms with Crippen LogP contribution in [0.25, 0.3) is 0 Å². The Morgan fingerprint density at radius 1 is 1.25 bits per heavy atom. The highest BCUT2D eigenvalue weighted by atomic mass is 32.2. The van der Waals surface area contributed by atoms with E-state index in [9.17, 15) is 8.42 Å². The van der Waals surface area contributed by atoms with Crippen LogP contribution in [0.1, 0.15) is 19.4 Å². The average Bonchev–Trinajstić information content (AvgIpc) is 2.16. The normalized spacial score (nSPS) is 12.8. The standard InChI is InChI=1S/C12H19NO2S/c1-12(2,9-13)8-10-6-4-5-7-11(10)16(3,14)15/h4-7H,8-9,13H2,1-3H3. The van der Waals surface area contributed by atoms with Crippen molar-refractivity contribution in [2.75, 3.05) is 12.8 Å². The predicted molar refractivity (Wildman–Crippen MR) is 66.1 cm³/mol. The molecule has 3 nitrogen and oxygen atoms in total. The number of nitrogens with two attached hydrogens (primary N) is 1. The molecule has 0 bridgehead atoms. The Balaban J connectivity index is 3.16. The maximum Gasteiger partial charge on any atom is 0.175 e. The lowest BCUT2D eigenvalue weighted by molar-refractivity contribution is 0.374. The molecule has 16 heavy (non-hydrogen) atoms. The van der Waals surface area contributed by atoms with Crippen molar-refractivity contribution in [2.24, 2.45) is 11.1 Å². The van der Waals surface area contributed by atoms with Gasteiger partial charge in [-0.2, -0.15) is 0 Å². The van der Waals surface area contributed by atoms with Gasteiger partial charge in [0.25, 0.3) is 0 Å². The van der Waals surface area contributed by atoms with E-state index in [4.69, 9.17) is 5.73 Å². The highest BCUT2D eigenvalue weighted by Crippen LogP contribution is 2.25. The Bertz CT molecular complexity index is 464. The first kappa shape index (κ1) is 13.2. The first-order chi connectivity index (χ1) is 7.26. The van der Waals surface area contributed by atoms with Crippen molar-refractivity contribution >= 4 is 9.84 Å². The third-order valence-electron chi connectivity index (χ3n) is 2.59. The van der Waals surface area contributed by atoms with Crippen molar-refractivity contribution in [1.29, 1.82) is 0 Å². The molecule has 1 aromatic rings. The summed E-state index contributed by atoms with van der Waals surface area (Å²) in [7, 11) is -3.15. The molecule has 0 aliphatic rings. The van der Waals surface area contributed by atoms with Crippen LogP contribution in [0.15, 0.2) is 29.2 Å². The molecule has 1 aromatic carbocycles. The van der Waals surface area contributed by atoms with Gasteiger partial charge in [-0.3, -0.25) is 0 Å². The number of rotatable bonds is 4. The molecule has 2 N–H and O–H groups in total. The first-order valence-electron chi connectivity index (χ1n) is 5.24. The molecular formula is C12H19NO2S. The molecule has 0 unspecified atom stereocenters. The Labute approximate surface area is 97.6 Å². The summed E-state index contributed by atoms with van der Waals surface area (Å²) < 4.78 is 23.2. The fraction of sp³-hybridized carbons (Fsp3) is 0.500. The quantitative estimate of drug-likeness (QED) is 0.871. The number of sulfone groups is 1. The molecule has 90 valence electrons. The Morgan fingerprint density at radius 3 is 2.31 bits per heavy atom. The van der Waals surface area contributed by atoms with Gasteiger partial charge >= 0.3 is 0 Å². The molecule has 0 atom stereocenters. The van der Waals surface area contributed by atoms with E-state index in [1.54, 1.807) is 12.1 Å². The summed E-state index contributed by atoms with van der Waals surface area (Å²) in [6.07, 6.45) is 1.91. The maximum absolute atomic E-state index is 11.6. The first-order valence-corrected chi connectivity index (χ1v) is 7.13. The van der Waals surface area contributed by atoms with Crippen LogP contribution in [-0.2, 0) is 16.3 Å². The molecule has 0 fully saturated rings. The molecule has 1 rings (SSSR count). The van der Waals surface area contributed by atoms with E-state index in [0.29, 0.717) is 17.9 Å². The van der Waals surface area contributed by atoms with E-state index in [0.717, 1.165) is 5.56 Å². The summed E-state index contributed by atoms with van der Waals surface area (Å²) in [6, 6.07) is 7.11. The number of hydrogen-bond acceptors (Lipinski definition) is 3. The van der Waals surface area contributed by atoms with Gasteiger partial charge in [-0.15, -0.1) is 0 Å². The fourth-order valence-corrected chi connectivity index (χ4v) is 2.54. The summed E-state index contributed by atoms with van der Waals surface area (Å²) >= 11 is 0. The molecular weight excluding hydrogens is 222 g/mol. The molecule has 0 amide bonds. The minimum Gasteiger partial charge on any atom is -0.330 e. The van der Waals surface area contributed by atoms with E-state index < -0.39 is 9.84 Å². The Morgan fingerprint density at radius 2 is 1.81 bits per heavy atom. The zero-order chi connectivity index (χ0) is 12.4. The Hall–Kier alpha value is -0.870. The van der Waals surface area contributed by atoms with Crippen molar-refractivity contribution in [3.63, 3.8) is 0 Å². The van der Waals surface area contributed by atoms with Gasteiger partial charge < -0.3 is 5.73 Å². The van der Waals surface area contributed by atoms with Crippen LogP contribution in [0.3, 0.4) is 0 Å². The van der Waals surface area contributed by atoms with Gasteiger partial charge in [0.15, 0.2) is 9.84 Å². The van der Waals surface area contributed by atoms with Crippen LogP contribution >= 0.6 is 0 Å². The second kappa shape index (κ2) is 4.55. The third-order valence-corrected chi connectivity index (χ3v) is 3.79. The topological polar surface area (TPSA) is 60.2 Å². The molecule has 0 saturated heterocycles. The molecule has 0 spiro atoms. The Kier molecular flexibility index (Phi) is 3.76. The van der Waals surface area contributed by atoms with Gasteiger partial charge in [0.2, 0.25) is 0 Å². The molecule has 0 saturated carbocycles. The molecule has 0 aliphatic carbocycles. The van der Waals surface area contributed by atoms with Gasteiger partial charge in [0.05, 0.1) is 4.90 Å². The van der Waals surface area contributed by atoms with Crippen LogP contribution in [0.2, 0.25) is 0 Å². The van der Waals surface area contributed by atoms with Gasteiger partial charge in [0, 0.05) is 6.26 Å². The molecule has 4 heteroatoms. The summed E-state index contributed by atoms with van der Waals surface area (Å²) in [5, 5.41) is 0. The van der Waals surface area contributed by atoms with Gasteiger partial charge in [-0.1, -0.05) is 32.0 Å². The molecule has 0 aliphatic heterocycles. The molecule has 0 aromatic heterocycles. The van der Waals surface area contributed by atoms with E-state index in [-0.39, 0.29) is 5.41 Å². The minimum atomic E-state index is -3.15. The third kappa shape index (κ3) is 3.32. The lowest BCUT2D eigenvalue weighted by Crippen LogP contribution is -2.26. The molecule has 0 radical (unpaired) electrons. The van der Waals surface area contributed by atoms with Crippen molar-refractivity contribution < 1.29 is 8.42 Å². The maximum atomic E-state index is 11.6. The molecule has 0 heterocycles. The number of benzene rings is 1. The van der Waals surface area contributed by atoms with Crippen LogP contribution in [0.4, 0.5) is 0 Å². The average molecular weight is 241 g/mol. The van der Waals surface area contributed by atoms with E-state index in [1.807, 2.05) is 26.0 Å². The zero-order valence-electron chi connectivity index (χ0n) is 10.0. The largest absolute Gasteiger partial charge is 0.330 e. The smallest absolute Gasteiger partial charge is 0.175 e. The number of hydrogen-bond donors (Lipinski definition) is 1. The van der Waals surface area contributed by atoms with Crippen LogP contribution < -0.4 is 5.73 Å². The monoisotopic (exact) mass is 241 g/mol. The predicted octanol–water partition coefficient (Wildman–Crippen LogP) is 1.62. The van der Waals surface area contributed by atoms with Gasteiger partial charge in [-0.25, -0.2) is 8.42 Å². The highest BCUT2D eigenvalue weighted by Gasteiger charge is 2.20. The SMILES string of the molecule is CC(C)(CN)Cc1ccccc1S(C)(=O)=O. The zero-order valence-corrected chi connectivity index (χ0v) is 10.8. The summed E-state index contributed by atoms with van der Waals surface area (Å²) in [5.74, 6) is 0. The van der Waals surface area contributed by atoms with Gasteiger partial charge in [0.1, 0.15) is 0 Å². The second-order valence-corrected chi connectivity index (χ2v) is 6.91. The summed E-state index contributed by atoms with van der Waals surface area (Å²) in [6.45, 7) is 4.60. The van der Waals surface area contributed by atoms with E-state index >= 15 is 0 Å². The van der Waals surface area contributed by atoms with Crippen LogP contribution in [0, 0.1) is 5.41 Å². The summed E-state index contributed by atoms with van der Waals surface area (Å²) in [4.78, 5) is 0.413. The van der Waals surface area contributed by atoms with Crippen LogP contribution in [0.5, 0.6) is 0 Å². The lowest BCUT2D eigenvalue weighted by atomic mass is 9.86. The fourth-order valence-electron chi connectivity index (χ4n) is 1.60. The second-order valence-electron chi connectivity index (χ2n) is 4.93. The van der Waals surface area contributed by atoms with Crippen molar-refractivity contribution in [3.05, 3.63) is 29.8 Å². The van der Waals surface area contributed by atoms with Crippen molar-refractivity contribution in [1.82, 2.24) is 0 Å². The van der Waals surface area contributed by atoms with Crippen LogP contribution in [-0.4, -0.2) is 21.2 Å². The summed E-state index contributed by atoms with van der Waals surface area (Å²) in [5.41, 5.74) is 6.43. The lowest BCUT2D eigenvalue weighted by Gasteiger charge is -2.23. The minimum absolute atomic E-state index is 0.0825. The van der Waals surface area contributed by atoms with Crippen molar-refractivity contribution in [3.8, 4) is 0 Å². The van der Waals surface area contributed by atoms with Gasteiger partial charge in [-0.05, 0) is 30.0 Å². The van der Waals surface area contributed by atoms with E-state index in [1.165, 1.54) is 6.26 Å². The van der Waals surface area contributed by atoms with Crippen molar-refractivity contribution in [2.45, 2.75) is 25.2 Å². The highest BCUT2D eigenvalue weighted by molar-refractivity contribution is 7.90.